The zero-order valence-corrected chi connectivity index (χ0v) is 24.4. The summed E-state index contributed by atoms with van der Waals surface area (Å²) < 4.78 is 26.0. The number of nitrogens with one attached hydrogen (secondary N) is 1. The predicted octanol–water partition coefficient (Wildman–Crippen LogP) is 8.06. The molecule has 1 heterocycles. The van der Waals surface area contributed by atoms with E-state index in [-0.39, 0.29) is 11.8 Å². The van der Waals surface area contributed by atoms with E-state index < -0.39 is 17.9 Å². The standard InChI is InChI=1S/C38H31FN2O4/c39-30-18-16-29(17-19-30)35(42)23-22-34-37(41(38(43)40-34)31-14-8-3-9-15-31)33-21-20-32(44-25-27-10-4-1-5-11-27)24-36(33)45-26-28-12-6-2-7-13-28/h1-24,34,37H,25-26H2,(H,40,43)/b23-22+/t34-,37+/m0/s1. The summed E-state index contributed by atoms with van der Waals surface area (Å²) in [6, 6.07) is 38.6. The number of allylic oxidation sites excluding steroid dienone is 1. The number of hydrogen-bond donors (Lipinski definition) is 1. The molecule has 224 valence electrons. The summed E-state index contributed by atoms with van der Waals surface area (Å²) in [5.41, 5.74) is 3.80. The van der Waals surface area contributed by atoms with E-state index in [4.69, 9.17) is 9.47 Å². The number of para-hydroxylation sites is 1. The van der Waals surface area contributed by atoms with Crippen LogP contribution in [0.2, 0.25) is 0 Å². The molecule has 1 aliphatic heterocycles. The van der Waals surface area contributed by atoms with Crippen molar-refractivity contribution in [1.82, 2.24) is 5.32 Å². The zero-order chi connectivity index (χ0) is 31.0. The smallest absolute Gasteiger partial charge is 0.323 e. The number of amides is 2. The SMILES string of the molecule is O=C(/C=C/[C@@H]1NC(=O)N(c2ccccc2)[C@@H]1c1ccc(OCc2ccccc2)cc1OCc1ccccc1)c1ccc(F)cc1. The fourth-order valence-corrected chi connectivity index (χ4v) is 5.28. The minimum atomic E-state index is -0.586. The largest absolute Gasteiger partial charge is 0.489 e. The van der Waals surface area contributed by atoms with Crippen LogP contribution in [0.3, 0.4) is 0 Å². The van der Waals surface area contributed by atoms with Crippen molar-refractivity contribution in [3.63, 3.8) is 0 Å². The molecule has 0 saturated carbocycles. The molecule has 6 rings (SSSR count). The third-order valence-corrected chi connectivity index (χ3v) is 7.53. The molecular formula is C38H31FN2O4. The highest BCUT2D eigenvalue weighted by molar-refractivity contribution is 6.04. The third-order valence-electron chi connectivity index (χ3n) is 7.53. The van der Waals surface area contributed by atoms with Crippen LogP contribution in [0.1, 0.15) is 33.1 Å². The number of anilines is 1. The number of rotatable bonds is 11. The second-order valence-electron chi connectivity index (χ2n) is 10.6. The lowest BCUT2D eigenvalue weighted by atomic mass is 9.96. The van der Waals surface area contributed by atoms with Gasteiger partial charge in [-0.15, -0.1) is 0 Å². The molecule has 2 amide bonds. The monoisotopic (exact) mass is 598 g/mol. The first kappa shape index (κ1) is 29.4. The molecule has 5 aromatic rings. The molecule has 7 heteroatoms. The van der Waals surface area contributed by atoms with Gasteiger partial charge in [0, 0.05) is 22.9 Å². The second kappa shape index (κ2) is 13.7. The number of carbonyl (C=O) groups excluding carboxylic acids is 2. The zero-order valence-electron chi connectivity index (χ0n) is 24.4. The lowest BCUT2D eigenvalue weighted by Crippen LogP contribution is -2.29. The number of carbonyl (C=O) groups is 2. The van der Waals surface area contributed by atoms with Gasteiger partial charge in [-0.1, -0.05) is 84.9 Å². The summed E-state index contributed by atoms with van der Waals surface area (Å²) >= 11 is 0. The van der Waals surface area contributed by atoms with Gasteiger partial charge in [-0.25, -0.2) is 9.18 Å². The van der Waals surface area contributed by atoms with Gasteiger partial charge in [0.25, 0.3) is 0 Å². The highest BCUT2D eigenvalue weighted by Gasteiger charge is 2.41. The van der Waals surface area contributed by atoms with Gasteiger partial charge < -0.3 is 14.8 Å². The molecule has 0 aliphatic carbocycles. The number of hydrogen-bond acceptors (Lipinski definition) is 4. The minimum absolute atomic E-state index is 0.300. The van der Waals surface area contributed by atoms with E-state index in [0.717, 1.165) is 16.7 Å². The summed E-state index contributed by atoms with van der Waals surface area (Å²) in [7, 11) is 0. The molecule has 1 aliphatic rings. The molecule has 5 aromatic carbocycles. The third kappa shape index (κ3) is 7.11. The van der Waals surface area contributed by atoms with Crippen molar-refractivity contribution < 1.29 is 23.5 Å². The van der Waals surface area contributed by atoms with E-state index >= 15 is 0 Å². The number of halogens is 1. The van der Waals surface area contributed by atoms with E-state index in [0.29, 0.717) is 36.0 Å². The van der Waals surface area contributed by atoms with Crippen molar-refractivity contribution in [1.29, 1.82) is 0 Å². The summed E-state index contributed by atoms with van der Waals surface area (Å²) in [6.07, 6.45) is 3.10. The Bertz CT molecular complexity index is 1780. The van der Waals surface area contributed by atoms with Crippen LogP contribution in [0.25, 0.3) is 0 Å². The average Bonchev–Trinajstić information content (AvgIpc) is 3.42. The number of urea groups is 1. The Hall–Kier alpha value is -5.69. The van der Waals surface area contributed by atoms with Gasteiger partial charge in [0.1, 0.15) is 30.5 Å². The molecule has 0 aromatic heterocycles. The molecule has 6 nitrogen and oxygen atoms in total. The van der Waals surface area contributed by atoms with Gasteiger partial charge in [0.15, 0.2) is 5.78 Å². The molecule has 1 fully saturated rings. The van der Waals surface area contributed by atoms with Crippen LogP contribution in [0, 0.1) is 5.82 Å². The van der Waals surface area contributed by atoms with Gasteiger partial charge in [-0.3, -0.25) is 9.69 Å². The Morgan fingerprint density at radius 3 is 2.00 bits per heavy atom. The Balaban J connectivity index is 1.37. The molecule has 0 spiro atoms. The van der Waals surface area contributed by atoms with Crippen LogP contribution in [0.5, 0.6) is 11.5 Å². The molecule has 45 heavy (non-hydrogen) atoms. The quantitative estimate of drug-likeness (QED) is 0.123. The van der Waals surface area contributed by atoms with Crippen molar-refractivity contribution in [3.05, 3.63) is 174 Å². The Labute approximate surface area is 261 Å². The highest BCUT2D eigenvalue weighted by Crippen LogP contribution is 2.41. The van der Waals surface area contributed by atoms with Gasteiger partial charge >= 0.3 is 6.03 Å². The molecule has 0 unspecified atom stereocenters. The molecule has 0 bridgehead atoms. The van der Waals surface area contributed by atoms with Crippen molar-refractivity contribution in [2.45, 2.75) is 25.3 Å². The van der Waals surface area contributed by atoms with E-state index in [2.05, 4.69) is 5.32 Å². The molecule has 2 atom stereocenters. The minimum Gasteiger partial charge on any atom is -0.489 e. The van der Waals surface area contributed by atoms with Crippen LogP contribution >= 0.6 is 0 Å². The topological polar surface area (TPSA) is 67.9 Å². The number of nitrogens with zero attached hydrogens (tertiary/aromatic N) is 1. The fourth-order valence-electron chi connectivity index (χ4n) is 5.28. The first-order chi connectivity index (χ1) is 22.0. The van der Waals surface area contributed by atoms with Crippen molar-refractivity contribution in [2.75, 3.05) is 4.90 Å². The summed E-state index contributed by atoms with van der Waals surface area (Å²) in [6.45, 7) is 0.688. The van der Waals surface area contributed by atoms with Crippen LogP contribution in [-0.4, -0.2) is 17.9 Å². The maximum Gasteiger partial charge on any atom is 0.323 e. The van der Waals surface area contributed by atoms with E-state index in [1.54, 1.807) is 11.0 Å². The number of ketones is 1. The predicted molar refractivity (Wildman–Crippen MR) is 172 cm³/mol. The van der Waals surface area contributed by atoms with Crippen LogP contribution in [0.4, 0.5) is 14.9 Å². The Kier molecular flexibility index (Phi) is 8.97. The maximum atomic E-state index is 13.5. The van der Waals surface area contributed by atoms with Crippen molar-refractivity contribution >= 4 is 17.5 Å². The fraction of sp³-hybridized carbons (Fsp3) is 0.105. The highest BCUT2D eigenvalue weighted by atomic mass is 19.1. The molecular weight excluding hydrogens is 567 g/mol. The summed E-state index contributed by atoms with van der Waals surface area (Å²) in [4.78, 5) is 28.2. The van der Waals surface area contributed by atoms with E-state index in [1.807, 2.05) is 109 Å². The summed E-state index contributed by atoms with van der Waals surface area (Å²) in [5.74, 6) is 0.450. The lowest BCUT2D eigenvalue weighted by Gasteiger charge is -2.28. The molecule has 1 saturated heterocycles. The van der Waals surface area contributed by atoms with E-state index in [1.165, 1.54) is 30.3 Å². The van der Waals surface area contributed by atoms with Crippen LogP contribution < -0.4 is 19.7 Å². The Morgan fingerprint density at radius 2 is 1.36 bits per heavy atom. The van der Waals surface area contributed by atoms with Crippen molar-refractivity contribution in [3.8, 4) is 11.5 Å². The van der Waals surface area contributed by atoms with Crippen LogP contribution in [-0.2, 0) is 13.2 Å². The number of ether oxygens (including phenoxy) is 2. The Morgan fingerprint density at radius 1 is 0.756 bits per heavy atom. The number of benzene rings is 5. The summed E-state index contributed by atoms with van der Waals surface area (Å²) in [5, 5.41) is 3.03. The van der Waals surface area contributed by atoms with Crippen LogP contribution in [0.15, 0.2) is 146 Å². The van der Waals surface area contributed by atoms with Gasteiger partial charge in [-0.05, 0) is 65.7 Å². The first-order valence-corrected chi connectivity index (χ1v) is 14.7. The van der Waals surface area contributed by atoms with E-state index in [9.17, 15) is 14.0 Å². The lowest BCUT2D eigenvalue weighted by molar-refractivity contribution is 0.104. The maximum absolute atomic E-state index is 13.5. The average molecular weight is 599 g/mol. The van der Waals surface area contributed by atoms with Gasteiger partial charge in [-0.2, -0.15) is 0 Å². The first-order valence-electron chi connectivity index (χ1n) is 14.7. The van der Waals surface area contributed by atoms with Gasteiger partial charge in [0.2, 0.25) is 0 Å². The van der Waals surface area contributed by atoms with Crippen molar-refractivity contribution in [2.24, 2.45) is 0 Å². The normalized spacial score (nSPS) is 16.0. The molecule has 0 radical (unpaired) electrons. The molecule has 1 N–H and O–H groups in total. The van der Waals surface area contributed by atoms with Gasteiger partial charge in [0.05, 0.1) is 12.1 Å². The second-order valence-corrected chi connectivity index (χ2v) is 10.6.